The summed E-state index contributed by atoms with van der Waals surface area (Å²) in [6, 6.07) is 4.81. The van der Waals surface area contributed by atoms with Crippen molar-refractivity contribution in [1.29, 1.82) is 0 Å². The van der Waals surface area contributed by atoms with Crippen molar-refractivity contribution >= 4 is 0 Å². The number of nitrogens with one attached hydrogen (secondary N) is 1. The molecule has 1 atom stereocenters. The smallest absolute Gasteiger partial charge is 0.161 e. The van der Waals surface area contributed by atoms with Crippen LogP contribution in [0.3, 0.4) is 0 Å². The molecule has 1 N–H and O–H groups in total. The van der Waals surface area contributed by atoms with Gasteiger partial charge in [-0.2, -0.15) is 0 Å². The van der Waals surface area contributed by atoms with Gasteiger partial charge in [0.05, 0.1) is 0 Å². The van der Waals surface area contributed by atoms with Crippen molar-refractivity contribution in [2.24, 2.45) is 0 Å². The highest BCUT2D eigenvalue weighted by molar-refractivity contribution is 5.48. The molecule has 0 aromatic heterocycles. The molecule has 0 amide bonds. The first kappa shape index (κ1) is 13.7. The zero-order chi connectivity index (χ0) is 13.9. The summed E-state index contributed by atoms with van der Waals surface area (Å²) in [4.78, 5) is 2.58. The number of aryl methyl sites for hydroxylation is 1. The minimum absolute atomic E-state index is 0.480. The van der Waals surface area contributed by atoms with Crippen LogP contribution in [0.5, 0.6) is 11.5 Å². The lowest BCUT2D eigenvalue weighted by molar-refractivity contribution is 0.162. The first-order valence-corrected chi connectivity index (χ1v) is 7.64. The molecule has 0 aliphatic carbocycles. The Morgan fingerprint density at radius 1 is 1.15 bits per heavy atom. The van der Waals surface area contributed by atoms with Crippen LogP contribution in [0.15, 0.2) is 12.1 Å². The van der Waals surface area contributed by atoms with Crippen molar-refractivity contribution in [3.05, 3.63) is 23.3 Å². The van der Waals surface area contributed by atoms with Gasteiger partial charge in [0.1, 0.15) is 13.2 Å². The number of ether oxygens (including phenoxy) is 2. The SMILES string of the molecule is CCC(c1cc2c(cc1C)OCCO2)N1CCNCC1. The lowest BCUT2D eigenvalue weighted by Gasteiger charge is -2.36. The molecule has 1 fully saturated rings. The maximum Gasteiger partial charge on any atom is 0.161 e. The zero-order valence-electron chi connectivity index (χ0n) is 12.4. The van der Waals surface area contributed by atoms with Gasteiger partial charge in [-0.15, -0.1) is 0 Å². The Balaban J connectivity index is 1.90. The van der Waals surface area contributed by atoms with E-state index in [-0.39, 0.29) is 0 Å². The molecule has 110 valence electrons. The highest BCUT2D eigenvalue weighted by atomic mass is 16.6. The van der Waals surface area contributed by atoms with Crippen molar-refractivity contribution < 1.29 is 9.47 Å². The zero-order valence-corrected chi connectivity index (χ0v) is 12.4. The number of rotatable bonds is 3. The average Bonchev–Trinajstić information content (AvgIpc) is 2.49. The van der Waals surface area contributed by atoms with Crippen molar-refractivity contribution in [3.63, 3.8) is 0 Å². The third-order valence-electron chi connectivity index (χ3n) is 4.27. The van der Waals surface area contributed by atoms with E-state index >= 15 is 0 Å². The van der Waals surface area contributed by atoms with E-state index < -0.39 is 0 Å². The molecule has 4 heteroatoms. The molecule has 2 heterocycles. The Kier molecular flexibility index (Phi) is 4.13. The van der Waals surface area contributed by atoms with E-state index in [1.54, 1.807) is 0 Å². The average molecular weight is 276 g/mol. The molecular formula is C16H24N2O2. The van der Waals surface area contributed by atoms with Crippen molar-refractivity contribution in [2.45, 2.75) is 26.3 Å². The molecule has 0 radical (unpaired) electrons. The predicted octanol–water partition coefficient (Wildman–Crippen LogP) is 2.12. The predicted molar refractivity (Wildman–Crippen MR) is 79.6 cm³/mol. The summed E-state index contributed by atoms with van der Waals surface area (Å²) in [6.45, 7) is 10.2. The fourth-order valence-corrected chi connectivity index (χ4v) is 3.23. The highest BCUT2D eigenvalue weighted by Gasteiger charge is 2.24. The summed E-state index contributed by atoms with van der Waals surface area (Å²) in [6.07, 6.45) is 1.13. The van der Waals surface area contributed by atoms with E-state index in [1.807, 2.05) is 0 Å². The third kappa shape index (κ3) is 2.63. The van der Waals surface area contributed by atoms with Gasteiger partial charge >= 0.3 is 0 Å². The molecular weight excluding hydrogens is 252 g/mol. The van der Waals surface area contributed by atoms with Gasteiger partial charge in [0.2, 0.25) is 0 Å². The van der Waals surface area contributed by atoms with E-state index in [4.69, 9.17) is 9.47 Å². The van der Waals surface area contributed by atoms with E-state index in [0.717, 1.165) is 44.1 Å². The number of piperazine rings is 1. The molecule has 2 aliphatic rings. The van der Waals surface area contributed by atoms with Crippen LogP contribution >= 0.6 is 0 Å². The summed E-state index contributed by atoms with van der Waals surface area (Å²) in [7, 11) is 0. The van der Waals surface area contributed by atoms with Crippen molar-refractivity contribution in [2.75, 3.05) is 39.4 Å². The Bertz CT molecular complexity index is 470. The molecule has 20 heavy (non-hydrogen) atoms. The van der Waals surface area contributed by atoms with Crippen LogP contribution in [0.4, 0.5) is 0 Å². The second-order valence-corrected chi connectivity index (χ2v) is 5.56. The van der Waals surface area contributed by atoms with Gasteiger partial charge in [-0.25, -0.2) is 0 Å². The summed E-state index contributed by atoms with van der Waals surface area (Å²) in [5.74, 6) is 1.80. The van der Waals surface area contributed by atoms with Gasteiger partial charge in [0.15, 0.2) is 11.5 Å². The summed E-state index contributed by atoms with van der Waals surface area (Å²) >= 11 is 0. The summed E-state index contributed by atoms with van der Waals surface area (Å²) in [5, 5.41) is 3.42. The van der Waals surface area contributed by atoms with Crippen molar-refractivity contribution in [3.8, 4) is 11.5 Å². The van der Waals surface area contributed by atoms with E-state index in [0.29, 0.717) is 19.3 Å². The molecule has 1 saturated heterocycles. The van der Waals surface area contributed by atoms with Crippen LogP contribution in [-0.4, -0.2) is 44.3 Å². The fourth-order valence-electron chi connectivity index (χ4n) is 3.23. The largest absolute Gasteiger partial charge is 0.486 e. The van der Waals surface area contributed by atoms with Crippen LogP contribution in [-0.2, 0) is 0 Å². The second kappa shape index (κ2) is 6.02. The Morgan fingerprint density at radius 3 is 2.45 bits per heavy atom. The van der Waals surface area contributed by atoms with Gasteiger partial charge in [-0.1, -0.05) is 6.92 Å². The molecule has 1 aromatic rings. The second-order valence-electron chi connectivity index (χ2n) is 5.56. The van der Waals surface area contributed by atoms with E-state index in [1.165, 1.54) is 11.1 Å². The topological polar surface area (TPSA) is 33.7 Å². The number of hydrogen-bond donors (Lipinski definition) is 1. The van der Waals surface area contributed by atoms with Crippen LogP contribution in [0.25, 0.3) is 0 Å². The Morgan fingerprint density at radius 2 is 1.80 bits per heavy atom. The lowest BCUT2D eigenvalue weighted by Crippen LogP contribution is -2.45. The Labute approximate surface area is 121 Å². The fraction of sp³-hybridized carbons (Fsp3) is 0.625. The maximum atomic E-state index is 5.75. The molecule has 0 bridgehead atoms. The molecule has 4 nitrogen and oxygen atoms in total. The van der Waals surface area contributed by atoms with Gasteiger partial charge in [-0.3, -0.25) is 4.90 Å². The maximum absolute atomic E-state index is 5.75. The van der Waals surface area contributed by atoms with Crippen molar-refractivity contribution in [1.82, 2.24) is 10.2 Å². The van der Waals surface area contributed by atoms with Gasteiger partial charge in [0, 0.05) is 32.2 Å². The number of hydrogen-bond acceptors (Lipinski definition) is 4. The van der Waals surface area contributed by atoms with Crippen LogP contribution in [0.2, 0.25) is 0 Å². The van der Waals surface area contributed by atoms with Gasteiger partial charge in [0.25, 0.3) is 0 Å². The summed E-state index contributed by atoms with van der Waals surface area (Å²) in [5.41, 5.74) is 2.69. The third-order valence-corrected chi connectivity index (χ3v) is 4.27. The standard InChI is InChI=1S/C16H24N2O2/c1-3-14(18-6-4-17-5-7-18)13-11-16-15(10-12(13)2)19-8-9-20-16/h10-11,14,17H,3-9H2,1-2H3. The quantitative estimate of drug-likeness (QED) is 0.917. The first-order chi connectivity index (χ1) is 9.79. The minimum atomic E-state index is 0.480. The van der Waals surface area contributed by atoms with Crippen LogP contribution < -0.4 is 14.8 Å². The number of fused-ring (bicyclic) bond motifs is 1. The first-order valence-electron chi connectivity index (χ1n) is 7.64. The number of benzene rings is 1. The van der Waals surface area contributed by atoms with Crippen LogP contribution in [0, 0.1) is 6.92 Å². The molecule has 1 unspecified atom stereocenters. The van der Waals surface area contributed by atoms with E-state index in [9.17, 15) is 0 Å². The highest BCUT2D eigenvalue weighted by Crippen LogP contribution is 2.37. The minimum Gasteiger partial charge on any atom is -0.486 e. The monoisotopic (exact) mass is 276 g/mol. The molecule has 2 aliphatic heterocycles. The molecule has 0 saturated carbocycles. The summed E-state index contributed by atoms with van der Waals surface area (Å²) < 4.78 is 11.4. The molecule has 0 spiro atoms. The lowest BCUT2D eigenvalue weighted by atomic mass is 9.96. The van der Waals surface area contributed by atoms with Crippen LogP contribution in [0.1, 0.15) is 30.5 Å². The Hall–Kier alpha value is -1.26. The van der Waals surface area contributed by atoms with E-state index in [2.05, 4.69) is 36.2 Å². The van der Waals surface area contributed by atoms with Gasteiger partial charge in [-0.05, 0) is 36.6 Å². The van der Waals surface area contributed by atoms with Gasteiger partial charge < -0.3 is 14.8 Å². The number of nitrogens with zero attached hydrogens (tertiary/aromatic N) is 1. The normalized spacial score (nSPS) is 20.7. The molecule has 1 aromatic carbocycles. The molecule has 3 rings (SSSR count).